The second kappa shape index (κ2) is 5.03. The molecule has 0 bridgehead atoms. The molecule has 2 nitrogen and oxygen atoms in total. The van der Waals surface area contributed by atoms with Gasteiger partial charge in [0.25, 0.3) is 0 Å². The zero-order valence-electron chi connectivity index (χ0n) is 9.54. The lowest BCUT2D eigenvalue weighted by atomic mass is 10.0. The molecule has 2 rings (SSSR count). The van der Waals surface area contributed by atoms with E-state index in [-0.39, 0.29) is 5.38 Å². The van der Waals surface area contributed by atoms with Crippen molar-refractivity contribution in [3.8, 4) is 5.75 Å². The number of alkyl halides is 1. The standard InChI is InChI=1S/C13H12Cl2O2/c1-8-7-9(16-2)3-4-10(8)13(15)11-5-6-12(14)17-11/h3-7,13H,1-2H3. The first-order chi connectivity index (χ1) is 8.11. The number of ether oxygens (including phenoxy) is 1. The number of aryl methyl sites for hydroxylation is 1. The number of hydrogen-bond acceptors (Lipinski definition) is 2. The van der Waals surface area contributed by atoms with E-state index in [9.17, 15) is 0 Å². The molecule has 1 unspecified atom stereocenters. The smallest absolute Gasteiger partial charge is 0.193 e. The first kappa shape index (κ1) is 12.3. The van der Waals surface area contributed by atoms with Crippen LogP contribution < -0.4 is 4.74 Å². The highest BCUT2D eigenvalue weighted by Crippen LogP contribution is 2.34. The van der Waals surface area contributed by atoms with Crippen molar-refractivity contribution in [2.75, 3.05) is 7.11 Å². The van der Waals surface area contributed by atoms with Gasteiger partial charge in [0.05, 0.1) is 7.11 Å². The van der Waals surface area contributed by atoms with Crippen LogP contribution in [0.5, 0.6) is 5.75 Å². The highest BCUT2D eigenvalue weighted by Gasteiger charge is 2.17. The van der Waals surface area contributed by atoms with Crippen molar-refractivity contribution < 1.29 is 9.15 Å². The average Bonchev–Trinajstić information content (AvgIpc) is 2.75. The molecule has 0 saturated carbocycles. The third-order valence-corrected chi connectivity index (χ3v) is 3.25. The average molecular weight is 271 g/mol. The van der Waals surface area contributed by atoms with E-state index in [4.69, 9.17) is 32.4 Å². The Morgan fingerprint density at radius 1 is 1.24 bits per heavy atom. The van der Waals surface area contributed by atoms with Crippen molar-refractivity contribution >= 4 is 23.2 Å². The molecule has 1 heterocycles. The second-order valence-electron chi connectivity index (χ2n) is 3.73. The summed E-state index contributed by atoms with van der Waals surface area (Å²) in [7, 11) is 1.64. The fourth-order valence-electron chi connectivity index (χ4n) is 1.68. The minimum absolute atomic E-state index is 0.339. The minimum atomic E-state index is -0.339. The van der Waals surface area contributed by atoms with E-state index in [0.29, 0.717) is 11.0 Å². The number of hydrogen-bond donors (Lipinski definition) is 0. The summed E-state index contributed by atoms with van der Waals surface area (Å²) in [6.45, 7) is 1.98. The van der Waals surface area contributed by atoms with Crippen LogP contribution in [0.3, 0.4) is 0 Å². The molecule has 0 N–H and O–H groups in total. The van der Waals surface area contributed by atoms with E-state index in [2.05, 4.69) is 0 Å². The first-order valence-corrected chi connectivity index (χ1v) is 5.97. The van der Waals surface area contributed by atoms with Crippen molar-refractivity contribution in [2.24, 2.45) is 0 Å². The van der Waals surface area contributed by atoms with E-state index in [1.54, 1.807) is 19.2 Å². The van der Waals surface area contributed by atoms with Gasteiger partial charge in [-0.3, -0.25) is 0 Å². The molecule has 17 heavy (non-hydrogen) atoms. The first-order valence-electron chi connectivity index (χ1n) is 5.15. The Labute approximate surface area is 110 Å². The summed E-state index contributed by atoms with van der Waals surface area (Å²) in [4.78, 5) is 0. The second-order valence-corrected chi connectivity index (χ2v) is 4.54. The summed E-state index contributed by atoms with van der Waals surface area (Å²) in [5.74, 6) is 1.46. The maximum Gasteiger partial charge on any atom is 0.193 e. The SMILES string of the molecule is COc1ccc(C(Cl)c2ccc(Cl)o2)c(C)c1. The maximum absolute atomic E-state index is 6.35. The molecular formula is C13H12Cl2O2. The Bertz CT molecular complexity index is 520. The van der Waals surface area contributed by atoms with Gasteiger partial charge in [-0.15, -0.1) is 11.6 Å². The van der Waals surface area contributed by atoms with Crippen molar-refractivity contribution in [3.05, 3.63) is 52.4 Å². The largest absolute Gasteiger partial charge is 0.497 e. The van der Waals surface area contributed by atoms with E-state index in [0.717, 1.165) is 16.9 Å². The summed E-state index contributed by atoms with van der Waals surface area (Å²) in [5, 5.41) is 0.00483. The van der Waals surface area contributed by atoms with Gasteiger partial charge in [-0.05, 0) is 53.9 Å². The third-order valence-electron chi connectivity index (χ3n) is 2.59. The summed E-state index contributed by atoms with van der Waals surface area (Å²) in [6.07, 6.45) is 0. The Kier molecular flexibility index (Phi) is 3.65. The predicted octanol–water partition coefficient (Wildman–Crippen LogP) is 4.58. The fraction of sp³-hybridized carbons (Fsp3) is 0.231. The fourth-order valence-corrected chi connectivity index (χ4v) is 2.19. The Balaban J connectivity index is 2.34. The van der Waals surface area contributed by atoms with Gasteiger partial charge in [0.15, 0.2) is 5.22 Å². The van der Waals surface area contributed by atoms with Crippen molar-refractivity contribution in [1.29, 1.82) is 0 Å². The van der Waals surface area contributed by atoms with E-state index < -0.39 is 0 Å². The predicted molar refractivity (Wildman–Crippen MR) is 69.1 cm³/mol. The molecule has 0 aliphatic heterocycles. The summed E-state index contributed by atoms with van der Waals surface area (Å²) >= 11 is 12.1. The zero-order chi connectivity index (χ0) is 12.4. The lowest BCUT2D eigenvalue weighted by Gasteiger charge is -2.11. The van der Waals surface area contributed by atoms with Gasteiger partial charge >= 0.3 is 0 Å². The molecule has 1 aromatic carbocycles. The monoisotopic (exact) mass is 270 g/mol. The Morgan fingerprint density at radius 2 is 2.00 bits per heavy atom. The van der Waals surface area contributed by atoms with Gasteiger partial charge < -0.3 is 9.15 Å². The van der Waals surface area contributed by atoms with Crippen LogP contribution >= 0.6 is 23.2 Å². The maximum atomic E-state index is 6.35. The Morgan fingerprint density at radius 3 is 2.53 bits per heavy atom. The van der Waals surface area contributed by atoms with Gasteiger partial charge in [-0.1, -0.05) is 6.07 Å². The van der Waals surface area contributed by atoms with E-state index in [1.165, 1.54) is 0 Å². The van der Waals surface area contributed by atoms with Gasteiger partial charge in [-0.2, -0.15) is 0 Å². The van der Waals surface area contributed by atoms with Crippen LogP contribution in [0.2, 0.25) is 5.22 Å². The highest BCUT2D eigenvalue weighted by atomic mass is 35.5. The summed E-state index contributed by atoms with van der Waals surface area (Å²) in [5.41, 5.74) is 2.04. The number of benzene rings is 1. The number of methoxy groups -OCH3 is 1. The molecule has 2 aromatic rings. The molecule has 90 valence electrons. The molecule has 0 spiro atoms. The molecule has 4 heteroatoms. The Hall–Kier alpha value is -1.12. The van der Waals surface area contributed by atoms with Gasteiger partial charge in [-0.25, -0.2) is 0 Å². The van der Waals surface area contributed by atoms with Crippen LogP contribution in [0.4, 0.5) is 0 Å². The third kappa shape index (κ3) is 2.59. The molecule has 0 radical (unpaired) electrons. The van der Waals surface area contributed by atoms with Crippen LogP contribution in [0.15, 0.2) is 34.7 Å². The number of rotatable bonds is 3. The van der Waals surface area contributed by atoms with Crippen molar-refractivity contribution in [2.45, 2.75) is 12.3 Å². The van der Waals surface area contributed by atoms with E-state index in [1.807, 2.05) is 25.1 Å². The number of furan rings is 1. The van der Waals surface area contributed by atoms with Crippen LogP contribution in [0, 0.1) is 6.92 Å². The summed E-state index contributed by atoms with van der Waals surface area (Å²) in [6, 6.07) is 9.22. The summed E-state index contributed by atoms with van der Waals surface area (Å²) < 4.78 is 10.5. The molecule has 1 atom stereocenters. The zero-order valence-corrected chi connectivity index (χ0v) is 11.0. The van der Waals surface area contributed by atoms with Crippen LogP contribution in [0.1, 0.15) is 22.3 Å². The highest BCUT2D eigenvalue weighted by molar-refractivity contribution is 6.29. The van der Waals surface area contributed by atoms with Crippen molar-refractivity contribution in [3.63, 3.8) is 0 Å². The number of halogens is 2. The van der Waals surface area contributed by atoms with Gasteiger partial charge in [0, 0.05) is 0 Å². The molecule has 0 amide bonds. The lowest BCUT2D eigenvalue weighted by Crippen LogP contribution is -1.95. The molecule has 0 aliphatic rings. The molecule has 0 saturated heterocycles. The lowest BCUT2D eigenvalue weighted by molar-refractivity contribution is 0.414. The van der Waals surface area contributed by atoms with Gasteiger partial charge in [0.2, 0.25) is 0 Å². The van der Waals surface area contributed by atoms with Gasteiger partial charge in [0.1, 0.15) is 16.9 Å². The quantitative estimate of drug-likeness (QED) is 0.762. The van der Waals surface area contributed by atoms with E-state index >= 15 is 0 Å². The molecule has 1 aromatic heterocycles. The molecular weight excluding hydrogens is 259 g/mol. The minimum Gasteiger partial charge on any atom is -0.497 e. The van der Waals surface area contributed by atoms with Crippen molar-refractivity contribution in [1.82, 2.24) is 0 Å². The molecule has 0 fully saturated rings. The molecule has 0 aliphatic carbocycles. The topological polar surface area (TPSA) is 22.4 Å². The van der Waals surface area contributed by atoms with Crippen LogP contribution in [0.25, 0.3) is 0 Å². The van der Waals surface area contributed by atoms with Crippen LogP contribution in [-0.4, -0.2) is 7.11 Å². The van der Waals surface area contributed by atoms with Crippen LogP contribution in [-0.2, 0) is 0 Å². The normalized spacial score (nSPS) is 12.5.